The molecule has 1 saturated heterocycles. The van der Waals surface area contributed by atoms with E-state index >= 15 is 0 Å². The fraction of sp³-hybridized carbons (Fsp3) is 0.471. The van der Waals surface area contributed by atoms with Gasteiger partial charge in [-0.1, -0.05) is 25.5 Å². The summed E-state index contributed by atoms with van der Waals surface area (Å²) in [5, 5.41) is 0. The van der Waals surface area contributed by atoms with Crippen molar-refractivity contribution >= 4 is 5.97 Å². The van der Waals surface area contributed by atoms with E-state index in [1.807, 2.05) is 24.3 Å². The average Bonchev–Trinajstić information content (AvgIpc) is 2.90. The van der Waals surface area contributed by atoms with Gasteiger partial charge in [0, 0.05) is 12.0 Å². The number of carbonyl (C=O) groups excluding carboxylic acids is 1. The third-order valence-corrected chi connectivity index (χ3v) is 3.77. The summed E-state index contributed by atoms with van der Waals surface area (Å²) in [5.41, 5.74) is 1.86. The van der Waals surface area contributed by atoms with Crippen LogP contribution in [0.15, 0.2) is 35.6 Å². The van der Waals surface area contributed by atoms with Gasteiger partial charge >= 0.3 is 5.97 Å². The quantitative estimate of drug-likeness (QED) is 0.595. The maximum Gasteiger partial charge on any atom is 0.318 e. The zero-order valence-corrected chi connectivity index (χ0v) is 12.8. The molecule has 0 N–H and O–H groups in total. The van der Waals surface area contributed by atoms with Crippen LogP contribution in [0.4, 0.5) is 0 Å². The number of allylic oxidation sites excluding steroid dienone is 1. The number of esters is 1. The second-order valence-electron chi connectivity index (χ2n) is 5.07. The number of methoxy groups -OCH3 is 2. The summed E-state index contributed by atoms with van der Waals surface area (Å²) in [7, 11) is 3.28. The Bertz CT molecular complexity index is 516. The summed E-state index contributed by atoms with van der Waals surface area (Å²) < 4.78 is 15.9. The number of rotatable bonds is 6. The van der Waals surface area contributed by atoms with E-state index in [0.29, 0.717) is 6.61 Å². The van der Waals surface area contributed by atoms with Crippen molar-refractivity contribution in [3.05, 3.63) is 41.2 Å². The van der Waals surface area contributed by atoms with Crippen LogP contribution in [0.3, 0.4) is 0 Å². The molecule has 1 aliphatic rings. The molecule has 1 aromatic rings. The fourth-order valence-corrected chi connectivity index (χ4v) is 2.56. The molecule has 114 valence electrons. The van der Waals surface area contributed by atoms with E-state index in [1.54, 1.807) is 14.2 Å². The molecule has 0 aliphatic carbocycles. The van der Waals surface area contributed by atoms with Gasteiger partial charge in [0.05, 0.1) is 20.0 Å². The summed E-state index contributed by atoms with van der Waals surface area (Å²) in [6, 6.07) is 7.53. The van der Waals surface area contributed by atoms with Crippen molar-refractivity contribution in [2.45, 2.75) is 32.1 Å². The first-order valence-corrected chi connectivity index (χ1v) is 7.27. The van der Waals surface area contributed by atoms with Crippen molar-refractivity contribution in [3.8, 4) is 5.75 Å². The molecule has 1 aromatic carbocycles. The molecule has 1 aliphatic heterocycles. The van der Waals surface area contributed by atoms with Gasteiger partial charge in [0.15, 0.2) is 0 Å². The van der Waals surface area contributed by atoms with Crippen molar-refractivity contribution in [2.24, 2.45) is 0 Å². The number of cyclic esters (lactones) is 1. The zero-order chi connectivity index (χ0) is 15.2. The van der Waals surface area contributed by atoms with Crippen molar-refractivity contribution in [2.75, 3.05) is 20.8 Å². The Labute approximate surface area is 125 Å². The van der Waals surface area contributed by atoms with Gasteiger partial charge in [-0.05, 0) is 24.1 Å². The largest absolute Gasteiger partial charge is 0.501 e. The highest BCUT2D eigenvalue weighted by Crippen LogP contribution is 2.35. The van der Waals surface area contributed by atoms with Gasteiger partial charge in [0.2, 0.25) is 0 Å². The standard InChI is InChI=1S/C17H22O4/c1-4-5-6-15(20-3)14-11-21-17(18)16(14)12-7-9-13(19-2)10-8-12/h7-10,16H,4-6,11H2,1-3H3/b15-14+. The van der Waals surface area contributed by atoms with Gasteiger partial charge in [0.25, 0.3) is 0 Å². The predicted molar refractivity (Wildman–Crippen MR) is 80.3 cm³/mol. The Morgan fingerprint density at radius 1 is 1.29 bits per heavy atom. The molecular weight excluding hydrogens is 268 g/mol. The summed E-state index contributed by atoms with van der Waals surface area (Å²) in [6.45, 7) is 2.46. The van der Waals surface area contributed by atoms with E-state index in [4.69, 9.17) is 14.2 Å². The highest BCUT2D eigenvalue weighted by atomic mass is 16.5. The first-order chi connectivity index (χ1) is 10.2. The molecule has 0 saturated carbocycles. The Hall–Kier alpha value is -1.97. The second-order valence-corrected chi connectivity index (χ2v) is 5.07. The molecular formula is C17H22O4. The SMILES string of the molecule is CCCC/C(OC)=C1/COC(=O)C1c1ccc(OC)cc1. The number of ether oxygens (including phenoxy) is 3. The highest BCUT2D eigenvalue weighted by Gasteiger charge is 2.35. The van der Waals surface area contributed by atoms with E-state index in [1.165, 1.54) is 0 Å². The summed E-state index contributed by atoms with van der Waals surface area (Å²) in [5.74, 6) is 1.08. The van der Waals surface area contributed by atoms with Crippen LogP contribution in [0.1, 0.15) is 37.7 Å². The van der Waals surface area contributed by atoms with Crippen molar-refractivity contribution in [3.63, 3.8) is 0 Å². The lowest BCUT2D eigenvalue weighted by Crippen LogP contribution is -2.09. The Morgan fingerprint density at radius 2 is 2.00 bits per heavy atom. The van der Waals surface area contributed by atoms with Gasteiger partial charge in [-0.25, -0.2) is 0 Å². The van der Waals surface area contributed by atoms with E-state index in [9.17, 15) is 4.79 Å². The van der Waals surface area contributed by atoms with Gasteiger partial charge in [0.1, 0.15) is 18.3 Å². The van der Waals surface area contributed by atoms with Crippen LogP contribution in [0.5, 0.6) is 5.75 Å². The van der Waals surface area contributed by atoms with Gasteiger partial charge in [-0.3, -0.25) is 4.79 Å². The van der Waals surface area contributed by atoms with E-state index < -0.39 is 0 Å². The molecule has 2 rings (SSSR count). The molecule has 4 nitrogen and oxygen atoms in total. The molecule has 1 atom stereocenters. The minimum atomic E-state index is -0.359. The topological polar surface area (TPSA) is 44.8 Å². The van der Waals surface area contributed by atoms with Gasteiger partial charge in [-0.2, -0.15) is 0 Å². The van der Waals surface area contributed by atoms with Crippen LogP contribution in [0.2, 0.25) is 0 Å². The van der Waals surface area contributed by atoms with Crippen LogP contribution in [-0.2, 0) is 14.3 Å². The molecule has 1 heterocycles. The Balaban J connectivity index is 2.32. The summed E-state index contributed by atoms with van der Waals surface area (Å²) in [4.78, 5) is 12.1. The third kappa shape index (κ3) is 3.38. The van der Waals surface area contributed by atoms with Crippen LogP contribution in [0.25, 0.3) is 0 Å². The van der Waals surface area contributed by atoms with Crippen molar-refractivity contribution < 1.29 is 19.0 Å². The zero-order valence-electron chi connectivity index (χ0n) is 12.8. The molecule has 1 fully saturated rings. The van der Waals surface area contributed by atoms with Crippen LogP contribution in [0, 0.1) is 0 Å². The lowest BCUT2D eigenvalue weighted by molar-refractivity contribution is -0.139. The van der Waals surface area contributed by atoms with Gasteiger partial charge < -0.3 is 14.2 Å². The molecule has 0 spiro atoms. The molecule has 21 heavy (non-hydrogen) atoms. The van der Waals surface area contributed by atoms with Crippen molar-refractivity contribution in [1.29, 1.82) is 0 Å². The van der Waals surface area contributed by atoms with Gasteiger partial charge in [-0.15, -0.1) is 0 Å². The number of unbranched alkanes of at least 4 members (excludes halogenated alkanes) is 1. The highest BCUT2D eigenvalue weighted by molar-refractivity contribution is 5.85. The minimum absolute atomic E-state index is 0.207. The van der Waals surface area contributed by atoms with E-state index in [-0.39, 0.29) is 11.9 Å². The van der Waals surface area contributed by atoms with Crippen LogP contribution in [-0.4, -0.2) is 26.8 Å². The molecule has 0 bridgehead atoms. The third-order valence-electron chi connectivity index (χ3n) is 3.77. The van der Waals surface area contributed by atoms with E-state index in [0.717, 1.165) is 41.9 Å². The normalized spacial score (nSPS) is 20.1. The maximum atomic E-state index is 12.1. The fourth-order valence-electron chi connectivity index (χ4n) is 2.56. The Kier molecular flexibility index (Phi) is 5.26. The lowest BCUT2D eigenvalue weighted by Gasteiger charge is -2.14. The van der Waals surface area contributed by atoms with Crippen molar-refractivity contribution in [1.82, 2.24) is 0 Å². The average molecular weight is 290 g/mol. The molecule has 0 radical (unpaired) electrons. The first-order valence-electron chi connectivity index (χ1n) is 7.27. The maximum absolute atomic E-state index is 12.1. The predicted octanol–water partition coefficient (Wildman–Crippen LogP) is 3.43. The summed E-state index contributed by atoms with van der Waals surface area (Å²) in [6.07, 6.45) is 2.96. The molecule has 0 amide bonds. The molecule has 4 heteroatoms. The second kappa shape index (κ2) is 7.16. The van der Waals surface area contributed by atoms with Crippen LogP contribution >= 0.6 is 0 Å². The summed E-state index contributed by atoms with van der Waals surface area (Å²) >= 11 is 0. The Morgan fingerprint density at radius 3 is 2.57 bits per heavy atom. The number of benzene rings is 1. The minimum Gasteiger partial charge on any atom is -0.501 e. The molecule has 0 aromatic heterocycles. The monoisotopic (exact) mass is 290 g/mol. The lowest BCUT2D eigenvalue weighted by atomic mass is 9.91. The first kappa shape index (κ1) is 15.4. The van der Waals surface area contributed by atoms with E-state index in [2.05, 4.69) is 6.92 Å². The number of carbonyl (C=O) groups is 1. The smallest absolute Gasteiger partial charge is 0.318 e. The van der Waals surface area contributed by atoms with Crippen LogP contribution < -0.4 is 4.74 Å². The number of hydrogen-bond acceptors (Lipinski definition) is 4. The molecule has 1 unspecified atom stereocenters. The number of hydrogen-bond donors (Lipinski definition) is 0.